The van der Waals surface area contributed by atoms with E-state index < -0.39 is 0 Å². The van der Waals surface area contributed by atoms with E-state index in [-0.39, 0.29) is 11.6 Å². The van der Waals surface area contributed by atoms with Crippen molar-refractivity contribution in [2.24, 2.45) is 5.73 Å². The molecule has 0 radical (unpaired) electrons. The van der Waals surface area contributed by atoms with Gasteiger partial charge in [0.25, 0.3) is 0 Å². The second kappa shape index (κ2) is 10.8. The Morgan fingerprint density at radius 3 is 2.08 bits per heavy atom. The number of hydrogen-bond acceptors (Lipinski definition) is 6. The third kappa shape index (κ3) is 6.08. The number of ketones is 2. The molecule has 1 aromatic carbocycles. The average molecular weight is 344 g/mol. The van der Waals surface area contributed by atoms with Crippen LogP contribution in [0.2, 0.25) is 0 Å². The molecule has 0 saturated carbocycles. The van der Waals surface area contributed by atoms with Gasteiger partial charge in [0.2, 0.25) is 5.78 Å². The Morgan fingerprint density at radius 1 is 0.800 bits per heavy atom. The molecule has 0 atom stereocenters. The van der Waals surface area contributed by atoms with Crippen molar-refractivity contribution in [2.45, 2.75) is 19.3 Å². The van der Waals surface area contributed by atoms with Crippen LogP contribution in [0.4, 0.5) is 0 Å². The monoisotopic (exact) mass is 344 g/mol. The highest BCUT2D eigenvalue weighted by atomic mass is 16.1. The van der Waals surface area contributed by atoms with E-state index in [0.29, 0.717) is 23.4 Å². The highest BCUT2D eigenvalue weighted by Crippen LogP contribution is 2.19. The Kier molecular flexibility index (Phi) is 8.31. The fourth-order valence-corrected chi connectivity index (χ4v) is 2.70. The molecule has 1 aromatic rings. The second-order valence-corrected chi connectivity index (χ2v) is 6.07. The molecule has 5 N–H and O–H groups in total. The van der Waals surface area contributed by atoms with Crippen LogP contribution >= 0.6 is 0 Å². The minimum absolute atomic E-state index is 0.105. The minimum atomic E-state index is -0.113. The van der Waals surface area contributed by atoms with Gasteiger partial charge in [-0.2, -0.15) is 0 Å². The van der Waals surface area contributed by atoms with Gasteiger partial charge in [-0.15, -0.1) is 0 Å². The van der Waals surface area contributed by atoms with Gasteiger partial charge in [0.05, 0.1) is 5.70 Å². The van der Waals surface area contributed by atoms with Gasteiger partial charge in [0, 0.05) is 23.7 Å². The van der Waals surface area contributed by atoms with Gasteiger partial charge in [-0.1, -0.05) is 24.3 Å². The molecule has 1 aliphatic rings. The zero-order valence-corrected chi connectivity index (χ0v) is 14.6. The summed E-state index contributed by atoms with van der Waals surface area (Å²) >= 11 is 0. The van der Waals surface area contributed by atoms with E-state index in [1.807, 2.05) is 0 Å². The lowest BCUT2D eigenvalue weighted by atomic mass is 9.93. The van der Waals surface area contributed by atoms with E-state index in [2.05, 4.69) is 16.0 Å². The molecule has 1 aliphatic carbocycles. The highest BCUT2D eigenvalue weighted by molar-refractivity contribution is 6.24. The third-order valence-electron chi connectivity index (χ3n) is 4.07. The molecular formula is C19H28N4O2. The van der Waals surface area contributed by atoms with Gasteiger partial charge in [0.15, 0.2) is 5.78 Å². The number of carbonyl (C=O) groups excluding carboxylic acids is 2. The maximum absolute atomic E-state index is 12.4. The summed E-state index contributed by atoms with van der Waals surface area (Å²) in [7, 11) is 0. The number of fused-ring (bicyclic) bond motifs is 1. The second-order valence-electron chi connectivity index (χ2n) is 6.07. The smallest absolute Gasteiger partial charge is 0.209 e. The van der Waals surface area contributed by atoms with Crippen LogP contribution < -0.4 is 21.7 Å². The Hall–Kier alpha value is -2.02. The van der Waals surface area contributed by atoms with E-state index in [4.69, 9.17) is 5.73 Å². The number of rotatable bonds is 12. The Labute approximate surface area is 149 Å². The van der Waals surface area contributed by atoms with Gasteiger partial charge >= 0.3 is 0 Å². The van der Waals surface area contributed by atoms with Crippen LogP contribution in [0.5, 0.6) is 0 Å². The molecule has 0 aromatic heterocycles. The molecule has 0 fully saturated rings. The number of Topliss-reactive ketones (excluding diaryl/α,β-unsaturated/α-hetero) is 1. The predicted octanol–water partition coefficient (Wildman–Crippen LogP) is 0.847. The summed E-state index contributed by atoms with van der Waals surface area (Å²) in [4.78, 5) is 24.4. The largest absolute Gasteiger partial charge is 0.382 e. The topological polar surface area (TPSA) is 96.2 Å². The first kappa shape index (κ1) is 19.3. The zero-order chi connectivity index (χ0) is 17.9. The zero-order valence-electron chi connectivity index (χ0n) is 14.6. The fourth-order valence-electron chi connectivity index (χ4n) is 2.70. The van der Waals surface area contributed by atoms with Crippen LogP contribution in [-0.2, 0) is 0 Å². The summed E-state index contributed by atoms with van der Waals surface area (Å²) in [5.74, 6) is -0.218. The first-order valence-corrected chi connectivity index (χ1v) is 8.99. The van der Waals surface area contributed by atoms with Crippen molar-refractivity contribution in [2.75, 3.05) is 39.3 Å². The number of nitrogens with one attached hydrogen (secondary N) is 3. The van der Waals surface area contributed by atoms with Crippen LogP contribution in [0.15, 0.2) is 36.0 Å². The van der Waals surface area contributed by atoms with Crippen molar-refractivity contribution in [1.82, 2.24) is 16.0 Å². The van der Waals surface area contributed by atoms with Crippen molar-refractivity contribution < 1.29 is 9.59 Å². The molecule has 25 heavy (non-hydrogen) atoms. The third-order valence-corrected chi connectivity index (χ3v) is 4.07. The van der Waals surface area contributed by atoms with Gasteiger partial charge < -0.3 is 21.7 Å². The molecule has 0 amide bonds. The van der Waals surface area contributed by atoms with Gasteiger partial charge in [-0.3, -0.25) is 9.59 Å². The first-order chi connectivity index (χ1) is 12.2. The summed E-state index contributed by atoms with van der Waals surface area (Å²) in [6.07, 6.45) is 4.39. The Morgan fingerprint density at radius 2 is 1.40 bits per heavy atom. The standard InChI is InChI=1S/C19H28N4O2/c20-8-3-9-21-10-4-11-22-12-5-13-23-17-14-18(24)15-6-1-2-7-16(15)19(17)25/h1-2,6-7,14,21-23H,3-5,8-13,20H2. The highest BCUT2D eigenvalue weighted by Gasteiger charge is 2.24. The molecule has 6 nitrogen and oxygen atoms in total. The van der Waals surface area contributed by atoms with Gasteiger partial charge in [-0.05, 0) is 52.0 Å². The van der Waals surface area contributed by atoms with Gasteiger partial charge in [0.1, 0.15) is 0 Å². The number of carbonyl (C=O) groups is 2. The summed E-state index contributed by atoms with van der Waals surface area (Å²) in [6.45, 7) is 5.20. The van der Waals surface area contributed by atoms with Crippen molar-refractivity contribution >= 4 is 11.6 Å². The SMILES string of the molecule is NCCCNCCCNCCCNC1=CC(=O)c2ccccc2C1=O. The number of benzene rings is 1. The number of nitrogens with two attached hydrogens (primary N) is 1. The molecule has 0 heterocycles. The number of allylic oxidation sites excluding steroid dienone is 2. The lowest BCUT2D eigenvalue weighted by Gasteiger charge is -2.16. The van der Waals surface area contributed by atoms with Crippen molar-refractivity contribution in [3.8, 4) is 0 Å². The van der Waals surface area contributed by atoms with Crippen molar-refractivity contribution in [3.05, 3.63) is 47.2 Å². The lowest BCUT2D eigenvalue weighted by molar-refractivity contribution is 0.0978. The van der Waals surface area contributed by atoms with Crippen LogP contribution in [0, 0.1) is 0 Å². The molecule has 0 bridgehead atoms. The number of hydrogen-bond donors (Lipinski definition) is 4. The first-order valence-electron chi connectivity index (χ1n) is 8.99. The van der Waals surface area contributed by atoms with E-state index in [1.54, 1.807) is 24.3 Å². The van der Waals surface area contributed by atoms with E-state index >= 15 is 0 Å². The fraction of sp³-hybridized carbons (Fsp3) is 0.474. The molecular weight excluding hydrogens is 316 g/mol. The maximum Gasteiger partial charge on any atom is 0.209 e. The molecule has 0 saturated heterocycles. The molecule has 0 aliphatic heterocycles. The van der Waals surface area contributed by atoms with Crippen LogP contribution in [-0.4, -0.2) is 50.8 Å². The molecule has 2 rings (SSSR count). The average Bonchev–Trinajstić information content (AvgIpc) is 2.63. The summed E-state index contributed by atoms with van der Waals surface area (Å²) in [5, 5.41) is 9.81. The quantitative estimate of drug-likeness (QED) is 0.420. The normalized spacial score (nSPS) is 13.6. The van der Waals surface area contributed by atoms with Crippen molar-refractivity contribution in [1.29, 1.82) is 0 Å². The van der Waals surface area contributed by atoms with Crippen molar-refractivity contribution in [3.63, 3.8) is 0 Å². The Bertz CT molecular complexity index is 613. The minimum Gasteiger partial charge on any atom is -0.382 e. The van der Waals surface area contributed by atoms with Crippen LogP contribution in [0.3, 0.4) is 0 Å². The maximum atomic E-state index is 12.4. The van der Waals surface area contributed by atoms with E-state index in [1.165, 1.54) is 6.08 Å². The molecule has 0 unspecified atom stereocenters. The summed E-state index contributed by atoms with van der Waals surface area (Å²) < 4.78 is 0. The summed E-state index contributed by atoms with van der Waals surface area (Å²) in [5.41, 5.74) is 6.80. The van der Waals surface area contributed by atoms with Gasteiger partial charge in [-0.25, -0.2) is 0 Å². The molecule has 136 valence electrons. The Balaban J connectivity index is 1.58. The predicted molar refractivity (Wildman–Crippen MR) is 99.8 cm³/mol. The van der Waals surface area contributed by atoms with Crippen LogP contribution in [0.25, 0.3) is 0 Å². The van der Waals surface area contributed by atoms with Crippen LogP contribution in [0.1, 0.15) is 40.0 Å². The summed E-state index contributed by atoms with van der Waals surface area (Å²) in [6, 6.07) is 6.95. The van der Waals surface area contributed by atoms with E-state index in [0.717, 1.165) is 52.0 Å². The molecule has 6 heteroatoms. The van der Waals surface area contributed by atoms with E-state index in [9.17, 15) is 9.59 Å². The lowest BCUT2D eigenvalue weighted by Crippen LogP contribution is -2.29. The molecule has 0 spiro atoms.